The van der Waals surface area contributed by atoms with Crippen molar-refractivity contribution in [2.24, 2.45) is 0 Å². The monoisotopic (exact) mass is 549 g/mol. The van der Waals surface area contributed by atoms with Crippen LogP contribution in [0.5, 0.6) is 0 Å². The molecule has 0 bridgehead atoms. The number of nitrogens with zero attached hydrogens (tertiary/aromatic N) is 5. The van der Waals surface area contributed by atoms with Crippen molar-refractivity contribution in [1.82, 2.24) is 23.4 Å². The molecule has 1 aromatic carbocycles. The van der Waals surface area contributed by atoms with Gasteiger partial charge in [-0.05, 0) is 64.7 Å². The van der Waals surface area contributed by atoms with Crippen LogP contribution in [0.25, 0.3) is 22.1 Å². The maximum Gasteiger partial charge on any atom is 0.410 e. The molecule has 1 amide bonds. The normalized spacial score (nSPS) is 17.2. The van der Waals surface area contributed by atoms with Crippen LogP contribution >= 0.6 is 0 Å². The quantitative estimate of drug-likeness (QED) is 0.370. The fourth-order valence-corrected chi connectivity index (χ4v) is 6.60. The number of benzene rings is 1. The highest BCUT2D eigenvalue weighted by Gasteiger charge is 2.34. The molecule has 1 aliphatic carbocycles. The summed E-state index contributed by atoms with van der Waals surface area (Å²) in [5, 5.41) is 0.550. The third-order valence-electron chi connectivity index (χ3n) is 7.30. The molecule has 2 aliphatic rings. The number of likely N-dealkylation sites (tertiary alicyclic amines) is 1. The van der Waals surface area contributed by atoms with E-state index < -0.39 is 15.6 Å². The summed E-state index contributed by atoms with van der Waals surface area (Å²) in [6, 6.07) is 9.70. The van der Waals surface area contributed by atoms with Crippen molar-refractivity contribution in [3.8, 4) is 0 Å². The van der Waals surface area contributed by atoms with Crippen LogP contribution < -0.4 is 5.56 Å². The van der Waals surface area contributed by atoms with E-state index in [1.54, 1.807) is 52.1 Å². The Hall–Kier alpha value is -3.73. The molecule has 0 spiro atoms. The fourth-order valence-electron chi connectivity index (χ4n) is 5.28. The lowest BCUT2D eigenvalue weighted by atomic mass is 10.0. The lowest BCUT2D eigenvalue weighted by molar-refractivity contribution is 0.0188. The van der Waals surface area contributed by atoms with Gasteiger partial charge in [0.2, 0.25) is 0 Å². The Balaban J connectivity index is 1.45. The van der Waals surface area contributed by atoms with Crippen LogP contribution in [0, 0.1) is 0 Å². The summed E-state index contributed by atoms with van der Waals surface area (Å²) in [4.78, 5) is 37.6. The third-order valence-corrected chi connectivity index (χ3v) is 8.98. The number of carbonyl (C=O) groups is 1. The van der Waals surface area contributed by atoms with Crippen molar-refractivity contribution in [2.45, 2.75) is 68.9 Å². The van der Waals surface area contributed by atoms with E-state index in [2.05, 4.69) is 4.98 Å². The summed E-state index contributed by atoms with van der Waals surface area (Å²) in [6.45, 7) is 6.41. The molecule has 4 aromatic rings. The molecule has 0 unspecified atom stereocenters. The summed E-state index contributed by atoms with van der Waals surface area (Å²) in [6.07, 6.45) is 5.66. The maximum absolute atomic E-state index is 13.9. The average Bonchev–Trinajstić information content (AvgIpc) is 3.65. The number of rotatable bonds is 4. The molecule has 1 saturated heterocycles. The standard InChI is InChI=1S/C28H31N5O5S/c1-28(2,3)38-27(35)31-14-11-19(12-15-31)33-24-21-13-16-32(39(36,37)20-7-5-4-6-8-20)25(21)29-17-22(24)30-23(26(33)34)18-9-10-18/h4-8,13,16-19H,9-12,14-15H2,1-3H3. The van der Waals surface area contributed by atoms with Gasteiger partial charge in [0.25, 0.3) is 15.6 Å². The summed E-state index contributed by atoms with van der Waals surface area (Å²) in [5.41, 5.74) is 1.19. The van der Waals surface area contributed by atoms with Crippen LogP contribution in [0.3, 0.4) is 0 Å². The van der Waals surface area contributed by atoms with Gasteiger partial charge in [-0.25, -0.2) is 27.2 Å². The number of aromatic nitrogens is 4. The van der Waals surface area contributed by atoms with Gasteiger partial charge in [-0.15, -0.1) is 0 Å². The van der Waals surface area contributed by atoms with Crippen LogP contribution in [0.4, 0.5) is 4.79 Å². The second kappa shape index (κ2) is 9.18. The Morgan fingerprint density at radius 3 is 2.36 bits per heavy atom. The first kappa shape index (κ1) is 25.5. The molecule has 1 aliphatic heterocycles. The molecule has 2 fully saturated rings. The minimum atomic E-state index is -3.89. The zero-order valence-electron chi connectivity index (χ0n) is 22.2. The first-order valence-electron chi connectivity index (χ1n) is 13.3. The van der Waals surface area contributed by atoms with Gasteiger partial charge in [0.15, 0.2) is 5.65 Å². The minimum absolute atomic E-state index is 0.133. The van der Waals surface area contributed by atoms with Crippen molar-refractivity contribution in [2.75, 3.05) is 13.1 Å². The average molecular weight is 550 g/mol. The van der Waals surface area contributed by atoms with E-state index >= 15 is 0 Å². The van der Waals surface area contributed by atoms with Crippen LogP contribution in [-0.4, -0.2) is 56.6 Å². The minimum Gasteiger partial charge on any atom is -0.444 e. The number of hydrogen-bond acceptors (Lipinski definition) is 7. The fraction of sp³-hybridized carbons (Fsp3) is 0.429. The molecule has 4 heterocycles. The maximum atomic E-state index is 13.9. The summed E-state index contributed by atoms with van der Waals surface area (Å²) >= 11 is 0. The van der Waals surface area contributed by atoms with Crippen LogP contribution in [0.15, 0.2) is 58.5 Å². The first-order chi connectivity index (χ1) is 18.5. The number of carbonyl (C=O) groups excluding carboxylic acids is 1. The Labute approximate surface area is 226 Å². The zero-order chi connectivity index (χ0) is 27.5. The molecular weight excluding hydrogens is 518 g/mol. The number of hydrogen-bond donors (Lipinski definition) is 0. The van der Waals surface area contributed by atoms with Gasteiger partial charge in [0.1, 0.15) is 16.8 Å². The molecule has 11 heteroatoms. The molecule has 39 heavy (non-hydrogen) atoms. The van der Waals surface area contributed by atoms with Crippen molar-refractivity contribution in [1.29, 1.82) is 0 Å². The second-order valence-electron chi connectivity index (χ2n) is 11.3. The van der Waals surface area contributed by atoms with Gasteiger partial charge in [-0.2, -0.15) is 0 Å². The molecule has 6 rings (SSSR count). The van der Waals surface area contributed by atoms with Crippen molar-refractivity contribution < 1.29 is 17.9 Å². The largest absolute Gasteiger partial charge is 0.444 e. The lowest BCUT2D eigenvalue weighted by Gasteiger charge is -2.34. The molecule has 204 valence electrons. The van der Waals surface area contributed by atoms with Gasteiger partial charge < -0.3 is 14.2 Å². The summed E-state index contributed by atoms with van der Waals surface area (Å²) in [5.74, 6) is 0.133. The predicted octanol–water partition coefficient (Wildman–Crippen LogP) is 4.43. The van der Waals surface area contributed by atoms with E-state index in [0.717, 1.165) is 16.8 Å². The third kappa shape index (κ3) is 4.58. The molecule has 0 N–H and O–H groups in total. The first-order valence-corrected chi connectivity index (χ1v) is 14.7. The second-order valence-corrected chi connectivity index (χ2v) is 13.1. The van der Waals surface area contributed by atoms with Gasteiger partial charge in [0.05, 0.1) is 16.6 Å². The SMILES string of the molecule is CC(C)(C)OC(=O)N1CCC(n2c(=O)c(C3CC3)nc3cnc4c(ccn4S(=O)(=O)c4ccccc4)c32)CC1. The number of pyridine rings is 1. The predicted molar refractivity (Wildman–Crippen MR) is 146 cm³/mol. The topological polar surface area (TPSA) is 116 Å². The summed E-state index contributed by atoms with van der Waals surface area (Å²) in [7, 11) is -3.89. The van der Waals surface area contributed by atoms with Crippen LogP contribution in [0.2, 0.25) is 0 Å². The number of piperidine rings is 1. The van der Waals surface area contributed by atoms with Crippen LogP contribution in [-0.2, 0) is 14.8 Å². The Bertz CT molecular complexity index is 1740. The molecule has 1 saturated carbocycles. The number of fused-ring (bicyclic) bond motifs is 3. The molecule has 0 atom stereocenters. The molecule has 10 nitrogen and oxygen atoms in total. The van der Waals surface area contributed by atoms with Gasteiger partial charge >= 0.3 is 6.09 Å². The number of amides is 1. The molecule has 0 radical (unpaired) electrons. The Morgan fingerprint density at radius 1 is 1.03 bits per heavy atom. The highest BCUT2D eigenvalue weighted by Crippen LogP contribution is 2.39. The van der Waals surface area contributed by atoms with Gasteiger partial charge in [-0.3, -0.25) is 4.79 Å². The van der Waals surface area contributed by atoms with Crippen LogP contribution in [0.1, 0.15) is 64.1 Å². The van der Waals surface area contributed by atoms with Gasteiger partial charge in [0, 0.05) is 36.6 Å². The van der Waals surface area contributed by atoms with E-state index in [4.69, 9.17) is 9.72 Å². The lowest BCUT2D eigenvalue weighted by Crippen LogP contribution is -2.43. The Kier molecular flexibility index (Phi) is 6.01. The van der Waals surface area contributed by atoms with E-state index in [9.17, 15) is 18.0 Å². The summed E-state index contributed by atoms with van der Waals surface area (Å²) < 4.78 is 35.4. The molecular formula is C28H31N5O5S. The Morgan fingerprint density at radius 2 is 1.72 bits per heavy atom. The van der Waals surface area contributed by atoms with E-state index in [1.807, 2.05) is 20.8 Å². The van der Waals surface area contributed by atoms with E-state index in [0.29, 0.717) is 48.0 Å². The highest BCUT2D eigenvalue weighted by atomic mass is 32.2. The van der Waals surface area contributed by atoms with E-state index in [1.165, 1.54) is 6.20 Å². The zero-order valence-corrected chi connectivity index (χ0v) is 23.0. The van der Waals surface area contributed by atoms with Crippen molar-refractivity contribution >= 4 is 38.2 Å². The smallest absolute Gasteiger partial charge is 0.410 e. The van der Waals surface area contributed by atoms with Crippen molar-refractivity contribution in [3.63, 3.8) is 0 Å². The van der Waals surface area contributed by atoms with Crippen molar-refractivity contribution in [3.05, 3.63) is 64.8 Å². The number of ether oxygens (including phenoxy) is 1. The van der Waals surface area contributed by atoms with Gasteiger partial charge in [-0.1, -0.05) is 18.2 Å². The molecule has 3 aromatic heterocycles. The van der Waals surface area contributed by atoms with E-state index in [-0.39, 0.29) is 34.2 Å². The highest BCUT2D eigenvalue weighted by molar-refractivity contribution is 7.90.